The number of likely N-dealkylation sites (tertiary alicyclic amines) is 1. The van der Waals surface area contributed by atoms with Gasteiger partial charge in [-0.05, 0) is 107 Å². The summed E-state index contributed by atoms with van der Waals surface area (Å²) in [5.41, 5.74) is -1.14. The quantitative estimate of drug-likeness (QED) is 0.218. The Morgan fingerprint density at radius 2 is 1.89 bits per heavy atom. The van der Waals surface area contributed by atoms with E-state index in [1.807, 2.05) is 11.8 Å². The van der Waals surface area contributed by atoms with E-state index in [4.69, 9.17) is 11.1 Å². The fourth-order valence-electron chi connectivity index (χ4n) is 5.66. The maximum atomic E-state index is 14.0. The zero-order valence-electron chi connectivity index (χ0n) is 26.1. The molecule has 0 saturated carbocycles. The van der Waals surface area contributed by atoms with Crippen molar-refractivity contribution in [2.75, 3.05) is 33.3 Å². The number of pyridine rings is 1. The first-order valence-corrected chi connectivity index (χ1v) is 14.8. The molecule has 0 radical (unpaired) electrons. The van der Waals surface area contributed by atoms with E-state index >= 15 is 0 Å². The van der Waals surface area contributed by atoms with Gasteiger partial charge >= 0.3 is 6.18 Å². The molecule has 2 aromatic carbocycles. The molecule has 0 spiro atoms. The number of hydrogen-bond acceptors (Lipinski definition) is 6. The number of halogens is 4. The number of ether oxygens (including phenoxy) is 1. The number of alkyl halides is 3. The second-order valence-corrected chi connectivity index (χ2v) is 11.2. The number of rotatable bonds is 9. The molecule has 238 valence electrons. The SMILES string of the molecule is [3H]CN1CCC(CN(C(=O)Cc2ccc(F)c(C(F)(F)F)c2)C(C)c2nc3ncccc3c(=O)n2-c2ccc(OCC)cc2)CC1. The smallest absolute Gasteiger partial charge is 0.419 e. The highest BCUT2D eigenvalue weighted by atomic mass is 19.4. The van der Waals surface area contributed by atoms with Gasteiger partial charge in [0.25, 0.3) is 5.56 Å². The predicted octanol–water partition coefficient (Wildman–Crippen LogP) is 5.81. The summed E-state index contributed by atoms with van der Waals surface area (Å²) in [4.78, 5) is 40.6. The van der Waals surface area contributed by atoms with E-state index in [0.29, 0.717) is 50.0 Å². The van der Waals surface area contributed by atoms with Crippen molar-refractivity contribution < 1.29 is 28.5 Å². The number of piperidine rings is 1. The van der Waals surface area contributed by atoms with E-state index in [1.165, 1.54) is 16.8 Å². The lowest BCUT2D eigenvalue weighted by atomic mass is 9.95. The van der Waals surface area contributed by atoms with Gasteiger partial charge in [-0.2, -0.15) is 13.2 Å². The van der Waals surface area contributed by atoms with Crippen molar-refractivity contribution in [1.82, 2.24) is 24.3 Å². The lowest BCUT2D eigenvalue weighted by Gasteiger charge is -2.36. The van der Waals surface area contributed by atoms with E-state index in [2.05, 4.69) is 4.98 Å². The molecule has 1 aliphatic heterocycles. The third-order valence-electron chi connectivity index (χ3n) is 8.09. The van der Waals surface area contributed by atoms with Crippen LogP contribution in [0.2, 0.25) is 0 Å². The van der Waals surface area contributed by atoms with Gasteiger partial charge < -0.3 is 14.5 Å². The number of hydrogen-bond donors (Lipinski definition) is 0. The second-order valence-electron chi connectivity index (χ2n) is 11.2. The van der Waals surface area contributed by atoms with Gasteiger partial charge in [-0.3, -0.25) is 14.2 Å². The van der Waals surface area contributed by atoms with Crippen LogP contribution in [0.15, 0.2) is 65.6 Å². The summed E-state index contributed by atoms with van der Waals surface area (Å²) in [6, 6.07) is 11.9. The van der Waals surface area contributed by atoms with Crippen LogP contribution in [0.3, 0.4) is 0 Å². The summed E-state index contributed by atoms with van der Waals surface area (Å²) in [6.07, 6.45) is -2.40. The number of fused-ring (bicyclic) bond motifs is 1. The Hall–Kier alpha value is -4.32. The van der Waals surface area contributed by atoms with E-state index in [-0.39, 0.29) is 41.9 Å². The zero-order valence-corrected chi connectivity index (χ0v) is 25.1. The Morgan fingerprint density at radius 1 is 1.16 bits per heavy atom. The third-order valence-corrected chi connectivity index (χ3v) is 8.09. The lowest BCUT2D eigenvalue weighted by Crippen LogP contribution is -2.43. The third kappa shape index (κ3) is 7.16. The first-order chi connectivity index (χ1) is 22.0. The van der Waals surface area contributed by atoms with Crippen molar-refractivity contribution in [2.24, 2.45) is 5.92 Å². The van der Waals surface area contributed by atoms with Crippen LogP contribution in [-0.4, -0.2) is 63.5 Å². The summed E-state index contributed by atoms with van der Waals surface area (Å²) < 4.78 is 69.1. The maximum Gasteiger partial charge on any atom is 0.419 e. The van der Waals surface area contributed by atoms with Crippen LogP contribution < -0.4 is 10.3 Å². The number of aromatic nitrogens is 3. The lowest BCUT2D eigenvalue weighted by molar-refractivity contribution is -0.140. The second kappa shape index (κ2) is 13.4. The van der Waals surface area contributed by atoms with Gasteiger partial charge in [0.15, 0.2) is 5.65 Å². The fraction of sp³-hybridized carbons (Fsp3) is 0.394. The average molecular weight is 628 g/mol. The van der Waals surface area contributed by atoms with Gasteiger partial charge in [0.1, 0.15) is 17.4 Å². The van der Waals surface area contributed by atoms with Crippen LogP contribution in [-0.2, 0) is 17.4 Å². The van der Waals surface area contributed by atoms with Crippen LogP contribution in [0.4, 0.5) is 17.6 Å². The van der Waals surface area contributed by atoms with Crippen LogP contribution in [0.1, 0.15) is 51.1 Å². The number of carbonyl (C=O) groups excluding carboxylic acids is 1. The molecular formula is C33H35F4N5O3. The highest BCUT2D eigenvalue weighted by molar-refractivity contribution is 5.79. The van der Waals surface area contributed by atoms with Crippen LogP contribution in [0, 0.1) is 11.7 Å². The van der Waals surface area contributed by atoms with Gasteiger partial charge in [0, 0.05) is 14.1 Å². The molecule has 0 aliphatic carbocycles. The minimum atomic E-state index is -4.92. The first kappa shape index (κ1) is 30.7. The Bertz CT molecular complexity index is 1740. The van der Waals surface area contributed by atoms with Gasteiger partial charge in [-0.1, -0.05) is 6.07 Å². The minimum Gasteiger partial charge on any atom is -0.494 e. The zero-order chi connectivity index (χ0) is 33.0. The van der Waals surface area contributed by atoms with E-state index < -0.39 is 41.5 Å². The Morgan fingerprint density at radius 3 is 2.56 bits per heavy atom. The molecule has 45 heavy (non-hydrogen) atoms. The first-order valence-electron chi connectivity index (χ1n) is 15.5. The molecule has 1 aliphatic rings. The van der Waals surface area contributed by atoms with Crippen molar-refractivity contribution in [3.05, 3.63) is 93.9 Å². The summed E-state index contributed by atoms with van der Waals surface area (Å²) in [7, 11) is 0.167. The van der Waals surface area contributed by atoms with Crippen molar-refractivity contribution >= 4 is 16.9 Å². The highest BCUT2D eigenvalue weighted by Crippen LogP contribution is 2.33. The topological polar surface area (TPSA) is 80.6 Å². The number of nitrogens with zero attached hydrogens (tertiary/aromatic N) is 5. The van der Waals surface area contributed by atoms with Gasteiger partial charge in [0.2, 0.25) is 5.91 Å². The predicted molar refractivity (Wildman–Crippen MR) is 162 cm³/mol. The standard InChI is InChI=1S/C33H35F4N5O3/c1-4-45-25-10-8-24(9-11-25)42-31(39-30-26(32(42)44)6-5-15-38-30)21(2)41(20-22-13-16-40(3)17-14-22)29(43)19-23-7-12-28(34)27(18-23)33(35,36)37/h5-12,15,18,21-22H,4,13-14,16-17,19-20H2,1-3H3/i3T. The van der Waals surface area contributed by atoms with Crippen LogP contribution >= 0.6 is 0 Å². The Balaban J connectivity index is 1.57. The largest absolute Gasteiger partial charge is 0.494 e. The molecule has 1 saturated heterocycles. The Kier molecular flexibility index (Phi) is 9.11. The van der Waals surface area contributed by atoms with Crippen molar-refractivity contribution in [2.45, 2.75) is 45.3 Å². The van der Waals surface area contributed by atoms with Crippen molar-refractivity contribution in [1.29, 1.82) is 0 Å². The molecule has 2 aromatic heterocycles. The number of carbonyl (C=O) groups is 1. The summed E-state index contributed by atoms with van der Waals surface area (Å²) in [5, 5.41) is 0.277. The van der Waals surface area contributed by atoms with Crippen LogP contribution in [0.25, 0.3) is 16.7 Å². The summed E-state index contributed by atoms with van der Waals surface area (Å²) >= 11 is 0. The Labute approximate surface area is 259 Å². The molecule has 1 atom stereocenters. The minimum absolute atomic E-state index is 0.0111. The summed E-state index contributed by atoms with van der Waals surface area (Å²) in [5.74, 6) is -1.03. The van der Waals surface area contributed by atoms with Gasteiger partial charge in [-0.15, -0.1) is 0 Å². The highest BCUT2D eigenvalue weighted by Gasteiger charge is 2.35. The van der Waals surface area contributed by atoms with Gasteiger partial charge in [-0.25, -0.2) is 14.4 Å². The molecule has 1 unspecified atom stereocenters. The molecule has 3 heterocycles. The number of benzene rings is 2. The monoisotopic (exact) mass is 627 g/mol. The molecule has 8 nitrogen and oxygen atoms in total. The molecular weight excluding hydrogens is 590 g/mol. The maximum absolute atomic E-state index is 14.0. The van der Waals surface area contributed by atoms with Gasteiger partial charge in [0.05, 0.1) is 35.7 Å². The molecule has 1 fully saturated rings. The summed E-state index contributed by atoms with van der Waals surface area (Å²) in [6.45, 7) is 5.64. The molecule has 12 heteroatoms. The number of amides is 1. The van der Waals surface area contributed by atoms with E-state index in [9.17, 15) is 27.2 Å². The normalized spacial score (nSPS) is 15.6. The van der Waals surface area contributed by atoms with E-state index in [1.54, 1.807) is 48.2 Å². The molecule has 0 N–H and O–H groups in total. The van der Waals surface area contributed by atoms with Crippen LogP contribution in [0.5, 0.6) is 5.75 Å². The molecule has 4 aromatic rings. The molecule has 0 bridgehead atoms. The molecule has 5 rings (SSSR count). The molecule has 1 amide bonds. The van der Waals surface area contributed by atoms with Crippen molar-refractivity contribution in [3.8, 4) is 11.4 Å². The van der Waals surface area contributed by atoms with Crippen molar-refractivity contribution in [3.63, 3.8) is 0 Å². The average Bonchev–Trinajstić information content (AvgIpc) is 3.04. The fourth-order valence-corrected chi connectivity index (χ4v) is 5.66. The van der Waals surface area contributed by atoms with E-state index in [0.717, 1.165) is 6.07 Å².